The number of rotatable bonds is 11. The van der Waals surface area contributed by atoms with Crippen LogP contribution >= 0.6 is 19.2 Å². The van der Waals surface area contributed by atoms with E-state index in [2.05, 4.69) is 20.6 Å². The number of aliphatic hydroxyl groups excluding tert-OH is 2. The van der Waals surface area contributed by atoms with Crippen LogP contribution in [0.2, 0.25) is 5.15 Å². The van der Waals surface area contributed by atoms with E-state index in [0.717, 1.165) is 25.7 Å². The predicted octanol–water partition coefficient (Wildman–Crippen LogP) is 0.637. The largest absolute Gasteiger partial charge is 0.387 e. The lowest BCUT2D eigenvalue weighted by molar-refractivity contribution is -0.129. The van der Waals surface area contributed by atoms with Crippen molar-refractivity contribution in [1.29, 1.82) is 0 Å². The van der Waals surface area contributed by atoms with E-state index in [1.54, 1.807) is 6.07 Å². The van der Waals surface area contributed by atoms with Gasteiger partial charge in [0.15, 0.2) is 17.4 Å². The molecule has 202 valence electrons. The van der Waals surface area contributed by atoms with Crippen molar-refractivity contribution in [2.24, 2.45) is 0 Å². The number of methoxy groups -OCH3 is 2. The topological polar surface area (TPSA) is 191 Å². The Hall–Kier alpha value is -1.45. The average molecular weight is 552 g/mol. The average Bonchev–Trinajstić information content (AvgIpc) is 3.53. The fraction of sp³-hybridized carbons (Fsp3) is 0.750. The molecule has 0 radical (unpaired) electrons. The molecule has 0 aromatic carbocycles. The van der Waals surface area contributed by atoms with Crippen LogP contribution in [0.1, 0.15) is 31.9 Å². The molecule has 0 bridgehead atoms. The standard InChI is InChI=1S/C20H31ClN5O9P/c1-32-9-20(10-33-2,36(29,30)31)34-8-13-16(27)17(28)19(35-13)26-18-15(24-25-26)12(7-14(21)23-18)22-11-5-3-4-6-11/h7,11,13,16-17,19,27-28H,3-6,8-10H2,1-2H3,(H,22,23)(H2,29,30,31)/t13-,16-,17-,19-/m1/s1. The van der Waals surface area contributed by atoms with Gasteiger partial charge in [-0.1, -0.05) is 29.7 Å². The molecule has 1 saturated carbocycles. The van der Waals surface area contributed by atoms with Crippen LogP contribution in [-0.2, 0) is 23.5 Å². The maximum atomic E-state index is 12.2. The Balaban J connectivity index is 1.56. The highest BCUT2D eigenvalue weighted by atomic mass is 35.5. The Kier molecular flexibility index (Phi) is 8.52. The molecule has 36 heavy (non-hydrogen) atoms. The van der Waals surface area contributed by atoms with Gasteiger partial charge in [0.25, 0.3) is 0 Å². The maximum absolute atomic E-state index is 12.2. The molecule has 1 aliphatic heterocycles. The van der Waals surface area contributed by atoms with E-state index < -0.39 is 57.3 Å². The molecule has 2 aliphatic rings. The van der Waals surface area contributed by atoms with E-state index in [4.69, 9.17) is 30.5 Å². The minimum Gasteiger partial charge on any atom is -0.387 e. The van der Waals surface area contributed by atoms with Crippen molar-refractivity contribution < 1.29 is 43.5 Å². The van der Waals surface area contributed by atoms with Gasteiger partial charge in [-0.25, -0.2) is 4.98 Å². The number of fused-ring (bicyclic) bond motifs is 1. The first-order valence-electron chi connectivity index (χ1n) is 11.5. The fourth-order valence-electron chi connectivity index (χ4n) is 4.59. The Labute approximate surface area is 212 Å². The number of aliphatic hydroxyl groups is 2. The smallest absolute Gasteiger partial charge is 0.361 e. The lowest BCUT2D eigenvalue weighted by Gasteiger charge is -2.33. The van der Waals surface area contributed by atoms with E-state index in [0.29, 0.717) is 11.2 Å². The van der Waals surface area contributed by atoms with Gasteiger partial charge in [-0.15, -0.1) is 5.10 Å². The van der Waals surface area contributed by atoms with E-state index in [1.165, 1.54) is 18.9 Å². The van der Waals surface area contributed by atoms with Gasteiger partial charge in [0.1, 0.15) is 23.5 Å². The molecule has 2 aromatic rings. The SMILES string of the molecule is COCC(COC)(OC[C@H]1O[C@@H](n2nnc3c(NC4CCCC4)cc(Cl)nc32)[C@H](O)[C@@H]1O)P(=O)(O)O. The second kappa shape index (κ2) is 11.1. The zero-order chi connectivity index (χ0) is 26.1. The van der Waals surface area contributed by atoms with Gasteiger partial charge in [-0.05, 0) is 12.8 Å². The van der Waals surface area contributed by atoms with Crippen LogP contribution in [0.5, 0.6) is 0 Å². The molecule has 14 nitrogen and oxygen atoms in total. The van der Waals surface area contributed by atoms with Crippen molar-refractivity contribution >= 4 is 36.0 Å². The number of pyridine rings is 1. The highest BCUT2D eigenvalue weighted by Crippen LogP contribution is 2.52. The summed E-state index contributed by atoms with van der Waals surface area (Å²) in [6.45, 7) is -1.44. The Bertz CT molecular complexity index is 1090. The number of anilines is 1. The minimum atomic E-state index is -4.88. The first kappa shape index (κ1) is 27.6. The molecule has 3 heterocycles. The quantitative estimate of drug-likeness (QED) is 0.193. The number of nitrogens with zero attached hydrogens (tertiary/aromatic N) is 4. The number of aromatic nitrogens is 4. The first-order valence-corrected chi connectivity index (χ1v) is 13.5. The van der Waals surface area contributed by atoms with Crippen molar-refractivity contribution in [3.63, 3.8) is 0 Å². The number of nitrogens with one attached hydrogen (secondary N) is 1. The highest BCUT2D eigenvalue weighted by molar-refractivity contribution is 7.53. The third-order valence-corrected chi connectivity index (χ3v) is 8.12. The summed E-state index contributed by atoms with van der Waals surface area (Å²) in [6, 6.07) is 1.94. The summed E-state index contributed by atoms with van der Waals surface area (Å²) in [4.78, 5) is 24.1. The number of halogens is 1. The van der Waals surface area contributed by atoms with Crippen LogP contribution in [0, 0.1) is 0 Å². The van der Waals surface area contributed by atoms with E-state index >= 15 is 0 Å². The van der Waals surface area contributed by atoms with E-state index in [9.17, 15) is 24.6 Å². The van der Waals surface area contributed by atoms with Gasteiger partial charge in [-0.2, -0.15) is 4.68 Å². The van der Waals surface area contributed by atoms with Crippen molar-refractivity contribution in [3.05, 3.63) is 11.2 Å². The molecule has 2 fully saturated rings. The van der Waals surface area contributed by atoms with E-state index in [-0.39, 0.29) is 16.8 Å². The molecule has 4 atom stereocenters. The molecule has 0 spiro atoms. The van der Waals surface area contributed by atoms with Gasteiger partial charge in [-0.3, -0.25) is 4.57 Å². The molecular weight excluding hydrogens is 521 g/mol. The molecular formula is C20H31ClN5O9P. The van der Waals surface area contributed by atoms with Gasteiger partial charge in [0.2, 0.25) is 5.34 Å². The van der Waals surface area contributed by atoms with Gasteiger partial charge in [0.05, 0.1) is 25.5 Å². The predicted molar refractivity (Wildman–Crippen MR) is 127 cm³/mol. The van der Waals surface area contributed by atoms with E-state index in [1.807, 2.05) is 0 Å². The zero-order valence-corrected chi connectivity index (χ0v) is 21.5. The van der Waals surface area contributed by atoms with Crippen LogP contribution in [0.3, 0.4) is 0 Å². The lowest BCUT2D eigenvalue weighted by atomic mass is 10.1. The third kappa shape index (κ3) is 5.39. The summed E-state index contributed by atoms with van der Waals surface area (Å²) >= 11 is 6.25. The second-order valence-corrected chi connectivity index (χ2v) is 11.3. The molecule has 1 saturated heterocycles. The molecule has 5 N–H and O–H groups in total. The summed E-state index contributed by atoms with van der Waals surface area (Å²) in [7, 11) is -2.37. The molecule has 2 aromatic heterocycles. The van der Waals surface area contributed by atoms with Gasteiger partial charge in [0, 0.05) is 26.3 Å². The molecule has 0 unspecified atom stereocenters. The summed E-state index contributed by atoms with van der Waals surface area (Å²) in [5, 5.41) is 31.1. The summed E-state index contributed by atoms with van der Waals surface area (Å²) in [6.07, 6.45) is -1.00. The Morgan fingerprint density at radius 3 is 2.50 bits per heavy atom. The van der Waals surface area contributed by atoms with Gasteiger partial charge < -0.3 is 44.3 Å². The summed E-state index contributed by atoms with van der Waals surface area (Å²) in [5.74, 6) is 0. The van der Waals surface area contributed by atoms with Crippen LogP contribution in [0.4, 0.5) is 5.69 Å². The van der Waals surface area contributed by atoms with Crippen molar-refractivity contribution in [2.45, 2.75) is 61.6 Å². The second-order valence-electron chi connectivity index (χ2n) is 9.04. The fourth-order valence-corrected chi connectivity index (χ4v) is 5.62. The Morgan fingerprint density at radius 2 is 1.89 bits per heavy atom. The zero-order valence-electron chi connectivity index (χ0n) is 19.9. The number of hydrogen-bond donors (Lipinski definition) is 5. The molecule has 4 rings (SSSR count). The van der Waals surface area contributed by atoms with Crippen molar-refractivity contribution in [2.75, 3.05) is 39.4 Å². The molecule has 0 amide bonds. The highest BCUT2D eigenvalue weighted by Gasteiger charge is 2.52. The van der Waals surface area contributed by atoms with Crippen LogP contribution in [0.15, 0.2) is 6.07 Å². The Morgan fingerprint density at radius 1 is 1.22 bits per heavy atom. The van der Waals surface area contributed by atoms with Crippen molar-refractivity contribution in [1.82, 2.24) is 20.0 Å². The van der Waals surface area contributed by atoms with Gasteiger partial charge >= 0.3 is 7.60 Å². The molecule has 16 heteroatoms. The summed E-state index contributed by atoms with van der Waals surface area (Å²) in [5.41, 5.74) is 1.32. The normalized spacial score (nSPS) is 25.8. The molecule has 1 aliphatic carbocycles. The van der Waals surface area contributed by atoms with Crippen molar-refractivity contribution in [3.8, 4) is 0 Å². The number of hydrogen-bond acceptors (Lipinski definition) is 11. The van der Waals surface area contributed by atoms with Crippen LogP contribution in [-0.4, -0.2) is 104 Å². The van der Waals surface area contributed by atoms with Crippen LogP contribution in [0.25, 0.3) is 11.2 Å². The summed E-state index contributed by atoms with van der Waals surface area (Å²) < 4.78 is 34.6. The van der Waals surface area contributed by atoms with Crippen LogP contribution < -0.4 is 5.32 Å². The monoisotopic (exact) mass is 551 g/mol. The number of ether oxygens (including phenoxy) is 4. The minimum absolute atomic E-state index is 0.185. The first-order chi connectivity index (χ1) is 17.1. The third-order valence-electron chi connectivity index (χ3n) is 6.48. The lowest BCUT2D eigenvalue weighted by Crippen LogP contribution is -2.45. The maximum Gasteiger partial charge on any atom is 0.361 e.